The van der Waals surface area contributed by atoms with E-state index in [1.165, 1.54) is 0 Å². The largest absolute Gasteiger partial charge is 0.480 e. The average molecular weight is 165 g/mol. The summed E-state index contributed by atoms with van der Waals surface area (Å²) in [5.41, 5.74) is 4.85. The summed E-state index contributed by atoms with van der Waals surface area (Å²) in [7, 11) is 0. The van der Waals surface area contributed by atoms with Crippen LogP contribution < -0.4 is 5.73 Å². The zero-order chi connectivity index (χ0) is 9.02. The minimum absolute atomic E-state index is 0.704. The van der Waals surface area contributed by atoms with E-state index in [1.807, 2.05) is 0 Å². The van der Waals surface area contributed by atoms with Gasteiger partial charge in [-0.05, 0) is 0 Å². The van der Waals surface area contributed by atoms with Gasteiger partial charge in [0.05, 0.1) is 0 Å². The van der Waals surface area contributed by atoms with Gasteiger partial charge in [0.15, 0.2) is 6.17 Å². The van der Waals surface area contributed by atoms with Gasteiger partial charge < -0.3 is 15.9 Å². The lowest BCUT2D eigenvalue weighted by molar-refractivity contribution is -0.144. The molecule has 0 aromatic carbocycles. The first-order valence-corrected chi connectivity index (χ1v) is 2.80. The van der Waals surface area contributed by atoms with Crippen LogP contribution in [0.2, 0.25) is 0 Å². The molecule has 0 spiro atoms. The standard InChI is InChI=1S/C5H8FNO4/c6-2(4(8)9)1-3(7)5(10)11/h2-3H,1,7H2,(H,8,9)(H,10,11)/t2?,3-/m1/s1. The number of alkyl halides is 1. The molecule has 0 aromatic heterocycles. The number of hydrogen-bond donors (Lipinski definition) is 3. The number of hydrogen-bond acceptors (Lipinski definition) is 3. The van der Waals surface area contributed by atoms with Gasteiger partial charge in [0.25, 0.3) is 0 Å². The molecule has 5 nitrogen and oxygen atoms in total. The smallest absolute Gasteiger partial charge is 0.338 e. The van der Waals surface area contributed by atoms with Crippen molar-refractivity contribution in [2.75, 3.05) is 0 Å². The van der Waals surface area contributed by atoms with Crippen molar-refractivity contribution >= 4 is 11.9 Å². The van der Waals surface area contributed by atoms with E-state index < -0.39 is 30.6 Å². The van der Waals surface area contributed by atoms with Crippen LogP contribution in [0, 0.1) is 0 Å². The van der Waals surface area contributed by atoms with E-state index in [-0.39, 0.29) is 0 Å². The quantitative estimate of drug-likeness (QED) is 0.506. The summed E-state index contributed by atoms with van der Waals surface area (Å²) in [6.07, 6.45) is -2.91. The number of halogens is 1. The van der Waals surface area contributed by atoms with Crippen LogP contribution in [-0.4, -0.2) is 34.4 Å². The van der Waals surface area contributed by atoms with Gasteiger partial charge in [-0.25, -0.2) is 9.18 Å². The molecule has 0 aliphatic rings. The molecule has 0 heterocycles. The van der Waals surface area contributed by atoms with Crippen LogP contribution in [0.15, 0.2) is 0 Å². The zero-order valence-electron chi connectivity index (χ0n) is 5.53. The van der Waals surface area contributed by atoms with E-state index >= 15 is 0 Å². The Kier molecular flexibility index (Phi) is 3.46. The number of carboxylic acid groups (broad SMARTS) is 2. The Balaban J connectivity index is 3.84. The Bertz CT molecular complexity index is 154. The van der Waals surface area contributed by atoms with Crippen molar-refractivity contribution in [3.63, 3.8) is 0 Å². The van der Waals surface area contributed by atoms with Gasteiger partial charge in [-0.15, -0.1) is 0 Å². The molecule has 0 aliphatic carbocycles. The number of rotatable bonds is 4. The maximum atomic E-state index is 12.2. The molecule has 0 aliphatic heterocycles. The highest BCUT2D eigenvalue weighted by Crippen LogP contribution is 2.00. The highest BCUT2D eigenvalue weighted by Gasteiger charge is 2.23. The summed E-state index contributed by atoms with van der Waals surface area (Å²) in [6.45, 7) is 0. The summed E-state index contributed by atoms with van der Waals surface area (Å²) in [6, 6.07) is -1.46. The predicted molar refractivity (Wildman–Crippen MR) is 32.8 cm³/mol. The van der Waals surface area contributed by atoms with Crippen LogP contribution in [0.25, 0.3) is 0 Å². The second-order valence-corrected chi connectivity index (χ2v) is 1.99. The molecule has 11 heavy (non-hydrogen) atoms. The van der Waals surface area contributed by atoms with Gasteiger partial charge in [-0.1, -0.05) is 0 Å². The van der Waals surface area contributed by atoms with Gasteiger partial charge in [0.1, 0.15) is 6.04 Å². The number of nitrogens with two attached hydrogens (primary N) is 1. The average Bonchev–Trinajstić information content (AvgIpc) is 1.87. The van der Waals surface area contributed by atoms with E-state index in [1.54, 1.807) is 0 Å². The van der Waals surface area contributed by atoms with Crippen molar-refractivity contribution in [1.82, 2.24) is 0 Å². The molecule has 4 N–H and O–H groups in total. The molecule has 64 valence electrons. The minimum atomic E-state index is -2.21. The maximum absolute atomic E-state index is 12.2. The Hall–Kier alpha value is -1.17. The van der Waals surface area contributed by atoms with Crippen LogP contribution >= 0.6 is 0 Å². The van der Waals surface area contributed by atoms with Gasteiger partial charge in [0.2, 0.25) is 0 Å². The van der Waals surface area contributed by atoms with Crippen LogP contribution in [0.4, 0.5) is 4.39 Å². The van der Waals surface area contributed by atoms with E-state index in [0.717, 1.165) is 0 Å². The van der Waals surface area contributed by atoms with Crippen molar-refractivity contribution in [3.05, 3.63) is 0 Å². The molecule has 6 heteroatoms. The lowest BCUT2D eigenvalue weighted by Gasteiger charge is -2.06. The van der Waals surface area contributed by atoms with Crippen LogP contribution in [0.3, 0.4) is 0 Å². The van der Waals surface area contributed by atoms with Gasteiger partial charge in [-0.3, -0.25) is 4.79 Å². The summed E-state index contributed by atoms with van der Waals surface area (Å²) in [5.74, 6) is -3.10. The first kappa shape index (κ1) is 9.83. The Labute approximate surface area is 61.6 Å². The molecule has 1 unspecified atom stereocenters. The predicted octanol–water partition coefficient (Wildman–Crippen LogP) is -0.789. The van der Waals surface area contributed by atoms with Crippen LogP contribution in [-0.2, 0) is 9.59 Å². The number of carbonyl (C=O) groups is 2. The second kappa shape index (κ2) is 3.87. The normalized spacial score (nSPS) is 15.5. The molecule has 0 aromatic rings. The van der Waals surface area contributed by atoms with E-state index in [2.05, 4.69) is 0 Å². The van der Waals surface area contributed by atoms with Crippen molar-refractivity contribution in [1.29, 1.82) is 0 Å². The zero-order valence-corrected chi connectivity index (χ0v) is 5.53. The van der Waals surface area contributed by atoms with Crippen molar-refractivity contribution < 1.29 is 24.2 Å². The van der Waals surface area contributed by atoms with Crippen LogP contribution in [0.1, 0.15) is 6.42 Å². The Morgan fingerprint density at radius 3 is 2.09 bits per heavy atom. The molecule has 0 fully saturated rings. The molecule has 0 rings (SSSR count). The molecule has 0 bridgehead atoms. The molecule has 0 saturated carbocycles. The molecule has 0 amide bonds. The monoisotopic (exact) mass is 165 g/mol. The molecular formula is C5H8FNO4. The van der Waals surface area contributed by atoms with Gasteiger partial charge >= 0.3 is 11.9 Å². The lowest BCUT2D eigenvalue weighted by Crippen LogP contribution is -2.35. The topological polar surface area (TPSA) is 101 Å². The Morgan fingerprint density at radius 1 is 1.36 bits per heavy atom. The fraction of sp³-hybridized carbons (Fsp3) is 0.600. The third-order valence-corrected chi connectivity index (χ3v) is 1.05. The fourth-order valence-electron chi connectivity index (χ4n) is 0.425. The summed E-state index contributed by atoms with van der Waals surface area (Å²) in [4.78, 5) is 19.8. The summed E-state index contributed by atoms with van der Waals surface area (Å²) < 4.78 is 12.2. The lowest BCUT2D eigenvalue weighted by atomic mass is 10.1. The Morgan fingerprint density at radius 2 is 1.82 bits per heavy atom. The first-order chi connectivity index (χ1) is 4.95. The second-order valence-electron chi connectivity index (χ2n) is 1.99. The minimum Gasteiger partial charge on any atom is -0.480 e. The maximum Gasteiger partial charge on any atom is 0.338 e. The summed E-state index contributed by atoms with van der Waals surface area (Å²) >= 11 is 0. The van der Waals surface area contributed by atoms with Gasteiger partial charge in [-0.2, -0.15) is 0 Å². The SMILES string of the molecule is N[C@H](CC(F)C(=O)O)C(=O)O. The number of aliphatic carboxylic acids is 2. The highest BCUT2D eigenvalue weighted by atomic mass is 19.1. The van der Waals surface area contributed by atoms with E-state index in [0.29, 0.717) is 0 Å². The molecule has 0 radical (unpaired) electrons. The van der Waals surface area contributed by atoms with Crippen molar-refractivity contribution in [2.24, 2.45) is 5.73 Å². The summed E-state index contributed by atoms with van der Waals surface area (Å²) in [5, 5.41) is 16.1. The third kappa shape index (κ3) is 3.51. The molecule has 2 atom stereocenters. The van der Waals surface area contributed by atoms with E-state index in [9.17, 15) is 14.0 Å². The van der Waals surface area contributed by atoms with Crippen LogP contribution in [0.5, 0.6) is 0 Å². The molecule has 0 saturated heterocycles. The molecular weight excluding hydrogens is 157 g/mol. The van der Waals surface area contributed by atoms with Gasteiger partial charge in [0, 0.05) is 6.42 Å². The fourth-order valence-corrected chi connectivity index (χ4v) is 0.425. The first-order valence-electron chi connectivity index (χ1n) is 2.80. The third-order valence-electron chi connectivity index (χ3n) is 1.05. The van der Waals surface area contributed by atoms with Crippen molar-refractivity contribution in [2.45, 2.75) is 18.6 Å². The number of carboxylic acids is 2. The highest BCUT2D eigenvalue weighted by molar-refractivity contribution is 5.76. The van der Waals surface area contributed by atoms with E-state index in [4.69, 9.17) is 15.9 Å². The van der Waals surface area contributed by atoms with Crippen molar-refractivity contribution in [3.8, 4) is 0 Å².